The number of fused-ring (bicyclic) bond motifs is 8. The van der Waals surface area contributed by atoms with Crippen molar-refractivity contribution in [2.75, 3.05) is 0 Å². The molecule has 0 bridgehead atoms. The highest BCUT2D eigenvalue weighted by molar-refractivity contribution is 7.41. The summed E-state index contributed by atoms with van der Waals surface area (Å²) in [5.74, 6) is 0. The molecule has 5 aromatic rings. The molecule has 0 N–H and O–H groups in total. The van der Waals surface area contributed by atoms with Crippen LogP contribution in [0.15, 0.2) is 30.3 Å². The molecule has 0 unspecified atom stereocenters. The summed E-state index contributed by atoms with van der Waals surface area (Å²) >= 11 is 5.97. The van der Waals surface area contributed by atoms with Gasteiger partial charge >= 0.3 is 0 Å². The molecule has 28 heavy (non-hydrogen) atoms. The Morgan fingerprint density at radius 1 is 0.536 bits per heavy atom. The fourth-order valence-electron chi connectivity index (χ4n) is 4.90. The van der Waals surface area contributed by atoms with Crippen molar-refractivity contribution in [3.63, 3.8) is 0 Å². The van der Waals surface area contributed by atoms with Crippen molar-refractivity contribution in [3.05, 3.63) is 58.1 Å². The van der Waals surface area contributed by atoms with Gasteiger partial charge in [0.2, 0.25) is 0 Å². The molecule has 0 saturated heterocycles. The van der Waals surface area contributed by atoms with Crippen LogP contribution >= 0.6 is 34.0 Å². The van der Waals surface area contributed by atoms with Crippen LogP contribution in [0.4, 0.5) is 0 Å². The zero-order chi connectivity index (χ0) is 19.3. The third-order valence-corrected chi connectivity index (χ3v) is 9.82. The molecule has 0 aliphatic heterocycles. The first-order chi connectivity index (χ1) is 13.4. The van der Waals surface area contributed by atoms with E-state index in [1.165, 1.54) is 78.6 Å². The predicted octanol–water partition coefficient (Wildman–Crippen LogP) is 9.03. The molecule has 0 fully saturated rings. The Morgan fingerprint density at radius 3 is 1.89 bits per heavy atom. The molecular weight excluding hydrogens is 396 g/mol. The van der Waals surface area contributed by atoms with Gasteiger partial charge in [-0.1, -0.05) is 35.4 Å². The Labute approximate surface area is 177 Å². The number of rotatable bonds is 1. The van der Waals surface area contributed by atoms with Gasteiger partial charge in [0.05, 0.1) is 14.1 Å². The average Bonchev–Trinajstić information content (AvgIpc) is 3.19. The minimum Gasteiger partial charge on any atom is -0.133 e. The quantitative estimate of drug-likeness (QED) is 0.251. The van der Waals surface area contributed by atoms with Crippen LogP contribution in [0.3, 0.4) is 0 Å². The first-order valence-electron chi connectivity index (χ1n) is 9.61. The van der Waals surface area contributed by atoms with Crippen LogP contribution in [-0.2, 0) is 0 Å². The highest BCUT2D eigenvalue weighted by atomic mass is 32.1. The van der Waals surface area contributed by atoms with Crippen LogP contribution < -0.4 is 0 Å². The van der Waals surface area contributed by atoms with Gasteiger partial charge in [-0.15, -0.1) is 34.0 Å². The number of hydrogen-bond donors (Lipinski definition) is 0. The molecule has 0 atom stereocenters. The maximum absolute atomic E-state index is 2.43. The summed E-state index contributed by atoms with van der Waals surface area (Å²) in [7, 11) is 0. The van der Waals surface area contributed by atoms with Crippen molar-refractivity contribution in [2.24, 2.45) is 0 Å². The fourth-order valence-corrected chi connectivity index (χ4v) is 9.48. The van der Waals surface area contributed by atoms with Crippen molar-refractivity contribution >= 4 is 52.8 Å². The van der Waals surface area contributed by atoms with Crippen molar-refractivity contribution in [3.8, 4) is 32.0 Å². The van der Waals surface area contributed by atoms with Crippen LogP contribution in [0.25, 0.3) is 50.8 Å². The third-order valence-electron chi connectivity index (χ3n) is 5.88. The molecule has 2 aromatic carbocycles. The standard InChI is InChI=1S/C25H20S3/c1-11-6-13(3)19(14(4)7-11)17-10-18-22(26-17)25-24(27-18)21-16-9-12(2)8-15(5)20(16)23(21)28-25/h6-10H,1-5H3. The summed E-state index contributed by atoms with van der Waals surface area (Å²) < 4.78 is 5.93. The zero-order valence-electron chi connectivity index (χ0n) is 16.6. The lowest BCUT2D eigenvalue weighted by Crippen LogP contribution is -1.98. The van der Waals surface area contributed by atoms with Crippen LogP contribution in [0.2, 0.25) is 0 Å². The fraction of sp³-hybridized carbons (Fsp3) is 0.200. The number of aryl methyl sites for hydroxylation is 5. The molecule has 3 heterocycles. The summed E-state index contributed by atoms with van der Waals surface area (Å²) in [5.41, 5.74) is 12.8. The van der Waals surface area contributed by atoms with Gasteiger partial charge in [-0.3, -0.25) is 0 Å². The maximum atomic E-state index is 2.43. The van der Waals surface area contributed by atoms with E-state index in [2.05, 4.69) is 65.0 Å². The summed E-state index contributed by atoms with van der Waals surface area (Å²) in [6.45, 7) is 11.1. The molecule has 0 spiro atoms. The van der Waals surface area contributed by atoms with Gasteiger partial charge in [0.15, 0.2) is 0 Å². The average molecular weight is 417 g/mol. The van der Waals surface area contributed by atoms with Crippen molar-refractivity contribution in [2.45, 2.75) is 34.6 Å². The minimum atomic E-state index is 1.35. The van der Waals surface area contributed by atoms with Crippen molar-refractivity contribution in [1.29, 1.82) is 0 Å². The van der Waals surface area contributed by atoms with E-state index in [0.717, 1.165) is 0 Å². The second-order valence-electron chi connectivity index (χ2n) is 8.15. The van der Waals surface area contributed by atoms with Crippen LogP contribution in [0.1, 0.15) is 27.8 Å². The van der Waals surface area contributed by atoms with E-state index in [1.807, 2.05) is 34.0 Å². The van der Waals surface area contributed by atoms with Gasteiger partial charge in [0.1, 0.15) is 0 Å². The van der Waals surface area contributed by atoms with Gasteiger partial charge in [-0.05, 0) is 68.5 Å². The van der Waals surface area contributed by atoms with Crippen molar-refractivity contribution in [1.82, 2.24) is 0 Å². The second kappa shape index (κ2) is 5.56. The Kier molecular flexibility index (Phi) is 3.37. The van der Waals surface area contributed by atoms with Crippen molar-refractivity contribution < 1.29 is 0 Å². The van der Waals surface area contributed by atoms with E-state index in [9.17, 15) is 0 Å². The summed E-state index contributed by atoms with van der Waals surface area (Å²) in [5, 5.41) is 0. The van der Waals surface area contributed by atoms with Gasteiger partial charge < -0.3 is 0 Å². The van der Waals surface area contributed by atoms with E-state index in [1.54, 1.807) is 0 Å². The summed E-state index contributed by atoms with van der Waals surface area (Å²) in [4.78, 5) is 2.92. The molecule has 3 heteroatoms. The molecule has 0 amide bonds. The molecular formula is C25H20S3. The summed E-state index contributed by atoms with van der Waals surface area (Å²) in [6.07, 6.45) is 0. The SMILES string of the molecule is Cc1cc(C)c(-c2cc3sc4c5c(sc4c3s2)-c2c(C)cc(C)cc2-5)c(C)c1. The van der Waals surface area contributed by atoms with Crippen LogP contribution in [0.5, 0.6) is 0 Å². The lowest BCUT2D eigenvalue weighted by atomic mass is 9.83. The van der Waals surface area contributed by atoms with Gasteiger partial charge in [-0.25, -0.2) is 0 Å². The zero-order valence-corrected chi connectivity index (χ0v) is 19.1. The molecule has 1 aliphatic rings. The molecule has 6 rings (SSSR count). The lowest BCUT2D eigenvalue weighted by molar-refractivity contribution is 1.33. The van der Waals surface area contributed by atoms with E-state index < -0.39 is 0 Å². The normalized spacial score (nSPS) is 12.5. The van der Waals surface area contributed by atoms with Gasteiger partial charge in [0.25, 0.3) is 0 Å². The lowest BCUT2D eigenvalue weighted by Gasteiger charge is -2.22. The predicted molar refractivity (Wildman–Crippen MR) is 129 cm³/mol. The van der Waals surface area contributed by atoms with Crippen LogP contribution in [0, 0.1) is 34.6 Å². The van der Waals surface area contributed by atoms with E-state index in [-0.39, 0.29) is 0 Å². The largest absolute Gasteiger partial charge is 0.133 e. The topological polar surface area (TPSA) is 0 Å². The molecule has 3 aromatic heterocycles. The Morgan fingerprint density at radius 2 is 1.18 bits per heavy atom. The maximum Gasteiger partial charge on any atom is 0.0642 e. The Hall–Kier alpha value is -1.94. The minimum absolute atomic E-state index is 1.35. The van der Waals surface area contributed by atoms with Gasteiger partial charge in [-0.2, -0.15) is 0 Å². The second-order valence-corrected chi connectivity index (χ2v) is 11.3. The molecule has 1 aliphatic carbocycles. The van der Waals surface area contributed by atoms with Crippen LogP contribution in [-0.4, -0.2) is 0 Å². The van der Waals surface area contributed by atoms with E-state index >= 15 is 0 Å². The smallest absolute Gasteiger partial charge is 0.0642 e. The van der Waals surface area contributed by atoms with E-state index in [4.69, 9.17) is 0 Å². The Bertz CT molecular complexity index is 1430. The monoisotopic (exact) mass is 416 g/mol. The van der Waals surface area contributed by atoms with Gasteiger partial charge in [0, 0.05) is 25.6 Å². The Balaban J connectivity index is 1.58. The molecule has 0 radical (unpaired) electrons. The number of hydrogen-bond acceptors (Lipinski definition) is 3. The highest BCUT2D eigenvalue weighted by Crippen LogP contribution is 2.61. The molecule has 138 valence electrons. The number of benzene rings is 2. The first-order valence-corrected chi connectivity index (χ1v) is 12.1. The first kappa shape index (κ1) is 17.0. The third kappa shape index (κ3) is 2.10. The number of thiophene rings is 3. The highest BCUT2D eigenvalue weighted by Gasteiger charge is 2.31. The van der Waals surface area contributed by atoms with E-state index in [0.29, 0.717) is 0 Å². The summed E-state index contributed by atoms with van der Waals surface area (Å²) in [6, 6.07) is 11.7. The molecule has 0 nitrogen and oxygen atoms in total. The molecule has 0 saturated carbocycles.